The van der Waals surface area contributed by atoms with Crippen LogP contribution in [-0.4, -0.2) is 25.1 Å². The number of carbonyl (C=O) groups is 1. The molecule has 1 N–H and O–H groups in total. The fraction of sp³-hybridized carbons (Fsp3) is 0.353. The first-order chi connectivity index (χ1) is 11.5. The minimum atomic E-state index is -0.165. The third-order valence-electron chi connectivity index (χ3n) is 4.61. The van der Waals surface area contributed by atoms with Gasteiger partial charge in [0.15, 0.2) is 0 Å². The third-order valence-corrected chi connectivity index (χ3v) is 5.06. The second-order valence-corrected chi connectivity index (χ2v) is 6.68. The topological polar surface area (TPSA) is 64.2 Å². The van der Waals surface area contributed by atoms with Crippen molar-refractivity contribution in [3.8, 4) is 0 Å². The number of carbonyl (C=O) groups excluding carboxylic acids is 1. The molecule has 1 amide bonds. The van der Waals surface area contributed by atoms with Gasteiger partial charge in [0.1, 0.15) is 10.8 Å². The van der Waals surface area contributed by atoms with Crippen molar-refractivity contribution in [3.63, 3.8) is 0 Å². The molecule has 1 aliphatic heterocycles. The molecular weight excluding hydrogens is 326 g/mol. The summed E-state index contributed by atoms with van der Waals surface area (Å²) in [5.74, 6) is -0.167. The first-order valence-corrected chi connectivity index (χ1v) is 8.26. The largest absolute Gasteiger partial charge is 0.350 e. The molecule has 3 aromatic heterocycles. The van der Waals surface area contributed by atoms with Crippen molar-refractivity contribution >= 4 is 23.2 Å². The Morgan fingerprint density at radius 3 is 2.88 bits per heavy atom. The molecule has 0 saturated heterocycles. The highest BCUT2D eigenvalue weighted by Gasteiger charge is 2.32. The van der Waals surface area contributed by atoms with Gasteiger partial charge in [-0.25, -0.2) is 4.98 Å². The van der Waals surface area contributed by atoms with Crippen LogP contribution in [0, 0.1) is 13.8 Å². The second-order valence-electron chi connectivity index (χ2n) is 6.32. The third kappa shape index (κ3) is 2.21. The van der Waals surface area contributed by atoms with Gasteiger partial charge in [-0.15, -0.1) is 0 Å². The molecule has 0 fully saturated rings. The Morgan fingerprint density at radius 1 is 1.38 bits per heavy atom. The van der Waals surface area contributed by atoms with E-state index >= 15 is 0 Å². The number of hydrogen-bond acceptors (Lipinski definition) is 3. The van der Waals surface area contributed by atoms with Crippen LogP contribution >= 0.6 is 11.6 Å². The lowest BCUT2D eigenvalue weighted by Gasteiger charge is -2.15. The predicted molar refractivity (Wildman–Crippen MR) is 91.2 cm³/mol. The molecule has 4 rings (SSSR count). The Bertz CT molecular complexity index is 971. The molecule has 6 nitrogen and oxygen atoms in total. The number of pyridine rings is 1. The quantitative estimate of drug-likeness (QED) is 0.738. The van der Waals surface area contributed by atoms with Gasteiger partial charge in [-0.1, -0.05) is 11.6 Å². The maximum absolute atomic E-state index is 12.2. The van der Waals surface area contributed by atoms with Gasteiger partial charge >= 0.3 is 0 Å². The van der Waals surface area contributed by atoms with Crippen molar-refractivity contribution in [2.24, 2.45) is 7.05 Å². The monoisotopic (exact) mass is 343 g/mol. The maximum atomic E-state index is 12.2. The van der Waals surface area contributed by atoms with E-state index in [1.807, 2.05) is 39.2 Å². The number of nitrogens with zero attached hydrogens (tertiary/aromatic N) is 4. The van der Waals surface area contributed by atoms with E-state index in [2.05, 4.69) is 14.8 Å². The number of fused-ring (bicyclic) bond motifs is 3. The van der Waals surface area contributed by atoms with Gasteiger partial charge in [0, 0.05) is 31.1 Å². The van der Waals surface area contributed by atoms with E-state index in [4.69, 9.17) is 16.6 Å². The van der Waals surface area contributed by atoms with Gasteiger partial charge in [0.2, 0.25) is 5.91 Å². The summed E-state index contributed by atoms with van der Waals surface area (Å²) in [6, 6.07) is 4.09. The van der Waals surface area contributed by atoms with Crippen LogP contribution in [0.1, 0.15) is 40.5 Å². The number of rotatable bonds is 1. The molecule has 24 heavy (non-hydrogen) atoms. The summed E-state index contributed by atoms with van der Waals surface area (Å²) >= 11 is 6.50. The standard InChI is InChI=1S/C17H18ClN5O/c1-9-4-5-23-13(6-9)20-12-8-19-14(24)7-11(16(12)23)15-10(2)21-22(3)17(15)18/h4-6,11H,7-8H2,1-3H3,(H,19,24). The molecule has 0 aromatic carbocycles. The lowest BCUT2D eigenvalue weighted by atomic mass is 9.92. The van der Waals surface area contributed by atoms with Crippen molar-refractivity contribution in [1.82, 2.24) is 24.5 Å². The van der Waals surface area contributed by atoms with Crippen molar-refractivity contribution in [2.45, 2.75) is 32.7 Å². The van der Waals surface area contributed by atoms with Crippen molar-refractivity contribution in [1.29, 1.82) is 0 Å². The molecule has 1 aliphatic rings. The van der Waals surface area contributed by atoms with Gasteiger partial charge in [-0.2, -0.15) is 5.10 Å². The van der Waals surface area contributed by atoms with E-state index in [9.17, 15) is 4.79 Å². The summed E-state index contributed by atoms with van der Waals surface area (Å²) in [5, 5.41) is 7.92. The Labute approximate surface area is 144 Å². The summed E-state index contributed by atoms with van der Waals surface area (Å²) in [6.07, 6.45) is 2.35. The lowest BCUT2D eigenvalue weighted by Crippen LogP contribution is -2.21. The Kier molecular flexibility index (Phi) is 3.38. The lowest BCUT2D eigenvalue weighted by molar-refractivity contribution is -0.121. The number of amides is 1. The number of imidazole rings is 1. The van der Waals surface area contributed by atoms with E-state index in [0.717, 1.165) is 33.9 Å². The molecule has 0 radical (unpaired) electrons. The van der Waals surface area contributed by atoms with Crippen LogP contribution in [0.4, 0.5) is 0 Å². The van der Waals surface area contributed by atoms with Crippen LogP contribution in [0.15, 0.2) is 18.3 Å². The average Bonchev–Trinajstić information content (AvgIpc) is 2.94. The smallest absolute Gasteiger partial charge is 0.221 e. The Hall–Kier alpha value is -2.34. The SMILES string of the molecule is Cc1ccn2c3c(nc2c1)CNC(=O)CC3c1c(C)nn(C)c1Cl. The fourth-order valence-corrected chi connectivity index (χ4v) is 3.84. The Balaban J connectivity index is 2.00. The van der Waals surface area contributed by atoms with Crippen LogP contribution in [-0.2, 0) is 18.4 Å². The summed E-state index contributed by atoms with van der Waals surface area (Å²) in [4.78, 5) is 17.0. The molecule has 3 aromatic rings. The fourth-order valence-electron chi connectivity index (χ4n) is 3.53. The number of aromatic nitrogens is 4. The van der Waals surface area contributed by atoms with E-state index < -0.39 is 0 Å². The van der Waals surface area contributed by atoms with E-state index in [1.54, 1.807) is 4.68 Å². The van der Waals surface area contributed by atoms with E-state index in [-0.39, 0.29) is 11.8 Å². The van der Waals surface area contributed by atoms with Crippen LogP contribution in [0.3, 0.4) is 0 Å². The summed E-state index contributed by atoms with van der Waals surface area (Å²) in [6.45, 7) is 4.40. The van der Waals surface area contributed by atoms with Crippen molar-refractivity contribution in [2.75, 3.05) is 0 Å². The molecule has 0 aliphatic carbocycles. The van der Waals surface area contributed by atoms with Crippen molar-refractivity contribution < 1.29 is 4.79 Å². The molecule has 7 heteroatoms. The molecule has 124 valence electrons. The van der Waals surface area contributed by atoms with Gasteiger partial charge in [-0.3, -0.25) is 9.48 Å². The zero-order valence-electron chi connectivity index (χ0n) is 13.8. The van der Waals surface area contributed by atoms with E-state index in [0.29, 0.717) is 18.1 Å². The highest BCUT2D eigenvalue weighted by atomic mass is 35.5. The van der Waals surface area contributed by atoms with Crippen LogP contribution in [0.5, 0.6) is 0 Å². The van der Waals surface area contributed by atoms with Gasteiger partial charge in [0.05, 0.1) is 23.6 Å². The van der Waals surface area contributed by atoms with Gasteiger partial charge < -0.3 is 9.72 Å². The normalized spacial score (nSPS) is 17.7. The van der Waals surface area contributed by atoms with Crippen LogP contribution in [0.2, 0.25) is 5.15 Å². The zero-order chi connectivity index (χ0) is 17.0. The number of hydrogen-bond donors (Lipinski definition) is 1. The minimum Gasteiger partial charge on any atom is -0.350 e. The molecule has 1 atom stereocenters. The maximum Gasteiger partial charge on any atom is 0.221 e. The predicted octanol–water partition coefficient (Wildman–Crippen LogP) is 2.49. The molecule has 4 heterocycles. The molecule has 0 bridgehead atoms. The highest BCUT2D eigenvalue weighted by molar-refractivity contribution is 6.30. The Morgan fingerprint density at radius 2 is 2.17 bits per heavy atom. The number of halogens is 1. The summed E-state index contributed by atoms with van der Waals surface area (Å²) < 4.78 is 3.72. The molecular formula is C17H18ClN5O. The zero-order valence-corrected chi connectivity index (χ0v) is 14.6. The minimum absolute atomic E-state index is 0.00168. The first-order valence-electron chi connectivity index (χ1n) is 7.89. The second kappa shape index (κ2) is 5.34. The highest BCUT2D eigenvalue weighted by Crippen LogP contribution is 2.38. The number of aryl methyl sites for hydroxylation is 3. The summed E-state index contributed by atoms with van der Waals surface area (Å²) in [7, 11) is 1.81. The molecule has 0 saturated carbocycles. The molecule has 1 unspecified atom stereocenters. The van der Waals surface area contributed by atoms with Gasteiger partial charge in [0.25, 0.3) is 0 Å². The van der Waals surface area contributed by atoms with Gasteiger partial charge in [-0.05, 0) is 31.5 Å². The molecule has 0 spiro atoms. The van der Waals surface area contributed by atoms with Crippen LogP contribution in [0.25, 0.3) is 5.65 Å². The van der Waals surface area contributed by atoms with Crippen molar-refractivity contribution in [3.05, 3.63) is 51.7 Å². The summed E-state index contributed by atoms with van der Waals surface area (Å²) in [5.41, 5.74) is 5.69. The van der Waals surface area contributed by atoms with E-state index in [1.165, 1.54) is 0 Å². The van der Waals surface area contributed by atoms with Crippen LogP contribution < -0.4 is 5.32 Å². The average molecular weight is 344 g/mol. The number of nitrogens with one attached hydrogen (secondary N) is 1. The first kappa shape index (κ1) is 15.2.